The molecule has 0 amide bonds. The smallest absolute Gasteiger partial charge is 0.0952 e. The molecule has 0 aliphatic carbocycles. The lowest BCUT2D eigenvalue weighted by atomic mass is 10.3. The van der Waals surface area contributed by atoms with Gasteiger partial charge >= 0.3 is 0 Å². The number of nitrogens with zero attached hydrogens (tertiary/aromatic N) is 4. The molecular weight excluding hydrogens is 214 g/mol. The molecule has 0 spiro atoms. The van der Waals surface area contributed by atoms with E-state index in [2.05, 4.69) is 33.8 Å². The zero-order chi connectivity index (χ0) is 12.3. The number of aromatic nitrogens is 4. The van der Waals surface area contributed by atoms with Crippen LogP contribution in [0.25, 0.3) is 0 Å². The molecule has 2 heterocycles. The fourth-order valence-electron chi connectivity index (χ4n) is 1.67. The normalized spacial score (nSPS) is 11.3. The first-order valence-electron chi connectivity index (χ1n) is 5.86. The van der Waals surface area contributed by atoms with Crippen molar-refractivity contribution >= 4 is 0 Å². The third-order valence-corrected chi connectivity index (χ3v) is 2.59. The Morgan fingerprint density at radius 2 is 2.24 bits per heavy atom. The van der Waals surface area contributed by atoms with Crippen LogP contribution in [0.4, 0.5) is 0 Å². The van der Waals surface area contributed by atoms with Gasteiger partial charge in [0.05, 0.1) is 24.3 Å². The van der Waals surface area contributed by atoms with Gasteiger partial charge in [-0.1, -0.05) is 13.8 Å². The lowest BCUT2D eigenvalue weighted by Crippen LogP contribution is -2.23. The van der Waals surface area contributed by atoms with Gasteiger partial charge in [-0.25, -0.2) is 4.98 Å². The number of hydrogen-bond acceptors (Lipinski definition) is 3. The van der Waals surface area contributed by atoms with E-state index in [-0.39, 0.29) is 0 Å². The Morgan fingerprint density at radius 3 is 2.88 bits per heavy atom. The second-order valence-corrected chi connectivity index (χ2v) is 4.53. The Labute approximate surface area is 101 Å². The van der Waals surface area contributed by atoms with Crippen molar-refractivity contribution < 1.29 is 0 Å². The Bertz CT molecular complexity index is 469. The van der Waals surface area contributed by atoms with E-state index in [9.17, 15) is 0 Å². The fraction of sp³-hybridized carbons (Fsp3) is 0.500. The maximum absolute atomic E-state index is 4.37. The van der Waals surface area contributed by atoms with E-state index >= 15 is 0 Å². The van der Waals surface area contributed by atoms with Gasteiger partial charge in [0.1, 0.15) is 0 Å². The number of hydrogen-bond donors (Lipinski definition) is 1. The number of nitrogens with one attached hydrogen (secondary N) is 1. The van der Waals surface area contributed by atoms with Crippen molar-refractivity contribution in [2.45, 2.75) is 33.0 Å². The van der Waals surface area contributed by atoms with Crippen molar-refractivity contribution in [1.82, 2.24) is 24.6 Å². The van der Waals surface area contributed by atoms with Crippen LogP contribution in [0.5, 0.6) is 0 Å². The van der Waals surface area contributed by atoms with Crippen molar-refractivity contribution in [2.24, 2.45) is 7.05 Å². The minimum absolute atomic E-state index is 0.480. The second-order valence-electron chi connectivity index (χ2n) is 4.53. The van der Waals surface area contributed by atoms with Gasteiger partial charge < -0.3 is 9.88 Å². The van der Waals surface area contributed by atoms with Crippen LogP contribution in [0.2, 0.25) is 0 Å². The molecule has 0 radical (unpaired) electrons. The maximum atomic E-state index is 4.37. The van der Waals surface area contributed by atoms with Crippen LogP contribution >= 0.6 is 0 Å². The predicted molar refractivity (Wildman–Crippen MR) is 66.5 cm³/mol. The molecule has 2 aromatic heterocycles. The lowest BCUT2D eigenvalue weighted by Gasteiger charge is -2.10. The second kappa shape index (κ2) is 5.14. The molecule has 0 bridgehead atoms. The highest BCUT2D eigenvalue weighted by Crippen LogP contribution is 2.04. The summed E-state index contributed by atoms with van der Waals surface area (Å²) in [4.78, 5) is 4.19. The molecule has 92 valence electrons. The number of rotatable bonds is 5. The average molecular weight is 233 g/mol. The summed E-state index contributed by atoms with van der Waals surface area (Å²) in [5.74, 6) is 0. The molecule has 5 nitrogen and oxygen atoms in total. The Hall–Kier alpha value is -1.62. The summed E-state index contributed by atoms with van der Waals surface area (Å²) < 4.78 is 3.94. The summed E-state index contributed by atoms with van der Waals surface area (Å²) in [5, 5.41) is 7.76. The summed E-state index contributed by atoms with van der Waals surface area (Å²) in [6, 6.07) is 2.51. The van der Waals surface area contributed by atoms with Crippen molar-refractivity contribution in [3.63, 3.8) is 0 Å². The lowest BCUT2D eigenvalue weighted by molar-refractivity contribution is 0.562. The highest BCUT2D eigenvalue weighted by Gasteiger charge is 2.05. The quantitative estimate of drug-likeness (QED) is 0.843. The van der Waals surface area contributed by atoms with E-state index in [1.54, 1.807) is 0 Å². The molecule has 5 heteroatoms. The predicted octanol–water partition coefficient (Wildman–Crippen LogP) is 1.16. The summed E-state index contributed by atoms with van der Waals surface area (Å²) >= 11 is 0. The summed E-state index contributed by atoms with van der Waals surface area (Å²) in [7, 11) is 1.93. The van der Waals surface area contributed by atoms with Crippen molar-refractivity contribution in [2.75, 3.05) is 0 Å². The third-order valence-electron chi connectivity index (χ3n) is 2.59. The largest absolute Gasteiger partial charge is 0.327 e. The van der Waals surface area contributed by atoms with Gasteiger partial charge in [0.25, 0.3) is 0 Å². The SMILES string of the molecule is CC(C)NCc1cncn1Cc1ccn(C)n1. The maximum Gasteiger partial charge on any atom is 0.0952 e. The van der Waals surface area contributed by atoms with Gasteiger partial charge in [0.2, 0.25) is 0 Å². The van der Waals surface area contributed by atoms with Crippen LogP contribution in [-0.2, 0) is 20.1 Å². The van der Waals surface area contributed by atoms with Crippen LogP contribution in [0, 0.1) is 0 Å². The minimum atomic E-state index is 0.480. The van der Waals surface area contributed by atoms with Crippen LogP contribution in [0.3, 0.4) is 0 Å². The fourth-order valence-corrected chi connectivity index (χ4v) is 1.67. The van der Waals surface area contributed by atoms with E-state index in [4.69, 9.17) is 0 Å². The van der Waals surface area contributed by atoms with Gasteiger partial charge in [0.15, 0.2) is 0 Å². The van der Waals surface area contributed by atoms with E-state index in [0.717, 1.165) is 18.8 Å². The van der Waals surface area contributed by atoms with Gasteiger partial charge in [-0.05, 0) is 6.07 Å². The molecule has 2 rings (SSSR count). The van der Waals surface area contributed by atoms with E-state index in [1.165, 1.54) is 5.69 Å². The van der Waals surface area contributed by atoms with Crippen LogP contribution < -0.4 is 5.32 Å². The van der Waals surface area contributed by atoms with Gasteiger partial charge in [-0.3, -0.25) is 4.68 Å². The first-order valence-corrected chi connectivity index (χ1v) is 5.86. The first-order chi connectivity index (χ1) is 8.15. The van der Waals surface area contributed by atoms with Crippen molar-refractivity contribution in [1.29, 1.82) is 0 Å². The third kappa shape index (κ3) is 3.17. The molecule has 0 saturated heterocycles. The Kier molecular flexibility index (Phi) is 3.58. The number of aryl methyl sites for hydroxylation is 1. The van der Waals surface area contributed by atoms with Gasteiger partial charge in [-0.15, -0.1) is 0 Å². The molecule has 1 N–H and O–H groups in total. The average Bonchev–Trinajstić information content (AvgIpc) is 2.86. The van der Waals surface area contributed by atoms with Crippen molar-refractivity contribution in [3.05, 3.63) is 36.2 Å². The van der Waals surface area contributed by atoms with E-state index < -0.39 is 0 Å². The monoisotopic (exact) mass is 233 g/mol. The molecule has 0 aromatic carbocycles. The zero-order valence-electron chi connectivity index (χ0n) is 10.6. The molecule has 0 saturated carbocycles. The zero-order valence-corrected chi connectivity index (χ0v) is 10.6. The van der Waals surface area contributed by atoms with Crippen LogP contribution in [0.1, 0.15) is 25.2 Å². The molecule has 17 heavy (non-hydrogen) atoms. The standard InChI is InChI=1S/C12H19N5/c1-10(2)14-7-12-6-13-9-17(12)8-11-4-5-16(3)15-11/h4-6,9-10,14H,7-8H2,1-3H3. The highest BCUT2D eigenvalue weighted by molar-refractivity contribution is 5.05. The van der Waals surface area contributed by atoms with Gasteiger partial charge in [0, 0.05) is 32.0 Å². The summed E-state index contributed by atoms with van der Waals surface area (Å²) in [6.07, 6.45) is 5.71. The van der Waals surface area contributed by atoms with E-state index in [0.29, 0.717) is 6.04 Å². The summed E-state index contributed by atoms with van der Waals surface area (Å²) in [6.45, 7) is 5.89. The first kappa shape index (κ1) is 11.9. The molecule has 0 fully saturated rings. The van der Waals surface area contributed by atoms with E-state index in [1.807, 2.05) is 36.5 Å². The number of imidazole rings is 1. The molecular formula is C12H19N5. The molecule has 0 aliphatic heterocycles. The summed E-state index contributed by atoms with van der Waals surface area (Å²) in [5.41, 5.74) is 2.24. The molecule has 0 unspecified atom stereocenters. The Morgan fingerprint density at radius 1 is 1.41 bits per heavy atom. The van der Waals surface area contributed by atoms with Crippen LogP contribution in [-0.4, -0.2) is 25.4 Å². The molecule has 0 aliphatic rings. The molecule has 0 atom stereocenters. The minimum Gasteiger partial charge on any atom is -0.327 e. The molecule has 2 aromatic rings. The van der Waals surface area contributed by atoms with Gasteiger partial charge in [-0.2, -0.15) is 5.10 Å². The van der Waals surface area contributed by atoms with Crippen LogP contribution in [0.15, 0.2) is 24.8 Å². The highest BCUT2D eigenvalue weighted by atomic mass is 15.3. The topological polar surface area (TPSA) is 47.7 Å². The van der Waals surface area contributed by atoms with Crippen molar-refractivity contribution in [3.8, 4) is 0 Å². The Balaban J connectivity index is 2.03.